The van der Waals surface area contributed by atoms with E-state index in [0.29, 0.717) is 6.61 Å². The summed E-state index contributed by atoms with van der Waals surface area (Å²) in [6.45, 7) is 2.68. The zero-order valence-electron chi connectivity index (χ0n) is 7.51. The minimum atomic E-state index is 0.695. The van der Waals surface area contributed by atoms with E-state index in [0.717, 1.165) is 13.7 Å². The van der Waals surface area contributed by atoms with Gasteiger partial charge in [0.05, 0.1) is 19.2 Å². The molecular weight excluding hydrogens is 331 g/mol. The summed E-state index contributed by atoms with van der Waals surface area (Å²) in [6, 6.07) is 6.03. The summed E-state index contributed by atoms with van der Waals surface area (Å²) in [4.78, 5) is 0. The van der Waals surface area contributed by atoms with Crippen LogP contribution in [-0.4, -0.2) is 6.61 Å². The lowest BCUT2D eigenvalue weighted by atomic mass is 10.2. The van der Waals surface area contributed by atoms with Crippen molar-refractivity contribution < 1.29 is 4.74 Å². The van der Waals surface area contributed by atoms with Gasteiger partial charge in [0.25, 0.3) is 0 Å². The first kappa shape index (κ1) is 10.5. The molecule has 0 radical (unpaired) electrons. The lowest BCUT2D eigenvalue weighted by Gasteiger charge is -2.05. The monoisotopic (exact) mass is 338 g/mol. The molecule has 0 saturated carbocycles. The second kappa shape index (κ2) is 4.24. The Morgan fingerprint density at radius 3 is 3.00 bits per heavy atom. The maximum absolute atomic E-state index is 5.96. The Kier molecular flexibility index (Phi) is 3.19. The summed E-state index contributed by atoms with van der Waals surface area (Å²) in [5, 5.41) is 1.19. The number of thiophene rings is 1. The summed E-state index contributed by atoms with van der Waals surface area (Å²) >= 11 is 9.86. The molecule has 0 saturated heterocycles. The Labute approximate surface area is 105 Å². The normalized spacial score (nSPS) is 10.8. The highest BCUT2D eigenvalue weighted by Crippen LogP contribution is 2.37. The van der Waals surface area contributed by atoms with Gasteiger partial charge in [0.15, 0.2) is 0 Å². The number of hydrogen-bond acceptors (Lipinski definition) is 2. The molecule has 1 nitrogen and oxygen atoms in total. The van der Waals surface area contributed by atoms with Gasteiger partial charge in [-0.1, -0.05) is 11.6 Å². The predicted molar refractivity (Wildman–Crippen MR) is 70.7 cm³/mol. The van der Waals surface area contributed by atoms with Crippen LogP contribution in [-0.2, 0) is 0 Å². The van der Waals surface area contributed by atoms with Crippen LogP contribution in [0.4, 0.5) is 0 Å². The topological polar surface area (TPSA) is 9.23 Å². The molecule has 2 rings (SSSR count). The number of halogens is 2. The SMILES string of the molecule is CCOc1ccc2cc(Cl)sc2c1I. The van der Waals surface area contributed by atoms with Crippen molar-refractivity contribution in [3.8, 4) is 5.75 Å². The highest BCUT2D eigenvalue weighted by atomic mass is 127. The molecule has 2 aromatic rings. The Hall–Kier alpha value is -0.000000000000000222. The Balaban J connectivity index is 2.61. The van der Waals surface area contributed by atoms with Crippen molar-refractivity contribution in [2.75, 3.05) is 6.61 Å². The first-order valence-electron chi connectivity index (χ1n) is 4.22. The molecule has 0 aliphatic carbocycles. The quantitative estimate of drug-likeness (QED) is 0.730. The van der Waals surface area contributed by atoms with Crippen LogP contribution in [0.15, 0.2) is 18.2 Å². The van der Waals surface area contributed by atoms with E-state index in [-0.39, 0.29) is 0 Å². The van der Waals surface area contributed by atoms with Gasteiger partial charge in [0, 0.05) is 0 Å². The van der Waals surface area contributed by atoms with Crippen molar-refractivity contribution in [1.29, 1.82) is 0 Å². The van der Waals surface area contributed by atoms with Gasteiger partial charge in [0.2, 0.25) is 0 Å². The zero-order valence-corrected chi connectivity index (χ0v) is 11.2. The van der Waals surface area contributed by atoms with Gasteiger partial charge in [-0.2, -0.15) is 0 Å². The molecule has 0 N–H and O–H groups in total. The van der Waals surface area contributed by atoms with E-state index >= 15 is 0 Å². The molecular formula is C10H8ClIOS. The van der Waals surface area contributed by atoms with Gasteiger partial charge < -0.3 is 4.74 Å². The molecule has 0 spiro atoms. The van der Waals surface area contributed by atoms with Crippen LogP contribution in [0.2, 0.25) is 4.34 Å². The molecule has 4 heteroatoms. The molecule has 1 aromatic heterocycles. The van der Waals surface area contributed by atoms with Gasteiger partial charge in [-0.05, 0) is 53.1 Å². The Bertz CT molecular complexity index is 466. The zero-order chi connectivity index (χ0) is 10.1. The van der Waals surface area contributed by atoms with E-state index in [1.54, 1.807) is 11.3 Å². The van der Waals surface area contributed by atoms with Gasteiger partial charge in [0.1, 0.15) is 5.75 Å². The number of benzene rings is 1. The molecule has 0 atom stereocenters. The molecule has 0 amide bonds. The fourth-order valence-electron chi connectivity index (χ4n) is 1.29. The standard InChI is InChI=1S/C10H8ClIOS/c1-2-13-7-4-3-6-5-8(11)14-10(6)9(7)12/h3-5H,2H2,1H3. The summed E-state index contributed by atoms with van der Waals surface area (Å²) in [5.41, 5.74) is 0. The highest BCUT2D eigenvalue weighted by Gasteiger charge is 2.08. The molecule has 1 heterocycles. The maximum atomic E-state index is 5.96. The summed E-state index contributed by atoms with van der Waals surface area (Å²) in [7, 11) is 0. The molecule has 0 bridgehead atoms. The highest BCUT2D eigenvalue weighted by molar-refractivity contribution is 14.1. The van der Waals surface area contributed by atoms with Gasteiger partial charge >= 0.3 is 0 Å². The molecule has 74 valence electrons. The van der Waals surface area contributed by atoms with E-state index in [4.69, 9.17) is 16.3 Å². The first-order valence-corrected chi connectivity index (χ1v) is 6.50. The Morgan fingerprint density at radius 1 is 1.50 bits per heavy atom. The van der Waals surface area contributed by atoms with E-state index in [9.17, 15) is 0 Å². The minimum Gasteiger partial charge on any atom is -0.493 e. The van der Waals surface area contributed by atoms with E-state index in [2.05, 4.69) is 22.6 Å². The van der Waals surface area contributed by atoms with Crippen molar-refractivity contribution in [1.82, 2.24) is 0 Å². The molecule has 0 unspecified atom stereocenters. The predicted octanol–water partition coefficient (Wildman–Crippen LogP) is 4.56. The maximum Gasteiger partial charge on any atom is 0.134 e. The molecule has 0 aliphatic rings. The molecule has 0 aliphatic heterocycles. The second-order valence-electron chi connectivity index (χ2n) is 2.78. The first-order chi connectivity index (χ1) is 6.72. The number of ether oxygens (including phenoxy) is 1. The fraction of sp³-hybridized carbons (Fsp3) is 0.200. The van der Waals surface area contributed by atoms with Crippen LogP contribution >= 0.6 is 45.5 Å². The van der Waals surface area contributed by atoms with Crippen LogP contribution in [0.25, 0.3) is 10.1 Å². The van der Waals surface area contributed by atoms with E-state index in [1.807, 2.05) is 25.1 Å². The van der Waals surface area contributed by atoms with Crippen molar-refractivity contribution in [3.63, 3.8) is 0 Å². The van der Waals surface area contributed by atoms with Gasteiger partial charge in [-0.25, -0.2) is 0 Å². The van der Waals surface area contributed by atoms with Gasteiger partial charge in [-0.3, -0.25) is 0 Å². The third-order valence-electron chi connectivity index (χ3n) is 1.86. The fourth-order valence-corrected chi connectivity index (χ4v) is 3.43. The third-order valence-corrected chi connectivity index (χ3v) is 4.59. The Morgan fingerprint density at radius 2 is 2.29 bits per heavy atom. The lowest BCUT2D eigenvalue weighted by molar-refractivity contribution is 0.338. The molecule has 0 fully saturated rings. The van der Waals surface area contributed by atoms with Crippen LogP contribution in [0.1, 0.15) is 6.92 Å². The lowest BCUT2D eigenvalue weighted by Crippen LogP contribution is -1.93. The average molecular weight is 339 g/mol. The summed E-state index contributed by atoms with van der Waals surface area (Å²) < 4.78 is 8.70. The average Bonchev–Trinajstić information content (AvgIpc) is 2.52. The third kappa shape index (κ3) is 1.85. The van der Waals surface area contributed by atoms with Crippen LogP contribution < -0.4 is 4.74 Å². The minimum absolute atomic E-state index is 0.695. The number of rotatable bonds is 2. The van der Waals surface area contributed by atoms with Crippen LogP contribution in [0.3, 0.4) is 0 Å². The van der Waals surface area contributed by atoms with Gasteiger partial charge in [-0.15, -0.1) is 11.3 Å². The van der Waals surface area contributed by atoms with E-state index in [1.165, 1.54) is 10.1 Å². The molecule has 1 aromatic carbocycles. The smallest absolute Gasteiger partial charge is 0.134 e. The van der Waals surface area contributed by atoms with Crippen molar-refractivity contribution in [2.24, 2.45) is 0 Å². The van der Waals surface area contributed by atoms with Crippen molar-refractivity contribution in [3.05, 3.63) is 26.1 Å². The largest absolute Gasteiger partial charge is 0.493 e. The number of fused-ring (bicyclic) bond motifs is 1. The van der Waals surface area contributed by atoms with E-state index < -0.39 is 0 Å². The van der Waals surface area contributed by atoms with Crippen molar-refractivity contribution in [2.45, 2.75) is 6.92 Å². The molecule has 14 heavy (non-hydrogen) atoms. The summed E-state index contributed by atoms with van der Waals surface area (Å²) in [5.74, 6) is 0.944. The van der Waals surface area contributed by atoms with Crippen molar-refractivity contribution >= 4 is 55.6 Å². The van der Waals surface area contributed by atoms with Crippen LogP contribution in [0, 0.1) is 3.57 Å². The van der Waals surface area contributed by atoms with Crippen LogP contribution in [0.5, 0.6) is 5.75 Å². The number of hydrogen-bond donors (Lipinski definition) is 0. The summed E-state index contributed by atoms with van der Waals surface area (Å²) in [6.07, 6.45) is 0. The second-order valence-corrected chi connectivity index (χ2v) is 5.54.